The molecule has 1 aliphatic rings. The number of hydrogen-bond donors (Lipinski definition) is 2. The highest BCUT2D eigenvalue weighted by Gasteiger charge is 2.19. The molecule has 3 rings (SSSR count). The summed E-state index contributed by atoms with van der Waals surface area (Å²) in [5, 5.41) is 5.38. The van der Waals surface area contributed by atoms with Gasteiger partial charge in [0.15, 0.2) is 0 Å². The van der Waals surface area contributed by atoms with Crippen molar-refractivity contribution in [3.05, 3.63) is 45.9 Å². The summed E-state index contributed by atoms with van der Waals surface area (Å²) in [5.41, 5.74) is 7.77. The molecule has 1 saturated carbocycles. The number of anilines is 1. The van der Waals surface area contributed by atoms with Crippen molar-refractivity contribution in [2.45, 2.75) is 51.9 Å². The van der Waals surface area contributed by atoms with Gasteiger partial charge < -0.3 is 15.8 Å². The van der Waals surface area contributed by atoms with Crippen molar-refractivity contribution in [2.75, 3.05) is 5.32 Å². The number of amides is 1. The summed E-state index contributed by atoms with van der Waals surface area (Å²) in [7, 11) is 0. The lowest BCUT2D eigenvalue weighted by molar-refractivity contribution is 0.00468. The standard InChI is InChI=1S/C19H25N3O2S.ClH/c1-13-4-2-7-16(8-13)24-11-14-5-3-6-15(9-14)21-19(23)17-12-25-18(10-20)22-17;/h3,5-6,9,12-13,16H,2,4,7-8,10-11,20H2,1H3,(H,21,23);1H. The van der Waals surface area contributed by atoms with Crippen LogP contribution >= 0.6 is 23.7 Å². The van der Waals surface area contributed by atoms with Crippen molar-refractivity contribution in [3.63, 3.8) is 0 Å². The van der Waals surface area contributed by atoms with Crippen LogP contribution in [-0.2, 0) is 17.9 Å². The minimum absolute atomic E-state index is 0. The molecule has 1 aromatic heterocycles. The number of halogens is 1. The molecule has 0 spiro atoms. The maximum atomic E-state index is 12.3. The summed E-state index contributed by atoms with van der Waals surface area (Å²) in [4.78, 5) is 16.5. The van der Waals surface area contributed by atoms with E-state index in [9.17, 15) is 4.79 Å². The summed E-state index contributed by atoms with van der Waals surface area (Å²) < 4.78 is 6.06. The van der Waals surface area contributed by atoms with E-state index in [0.29, 0.717) is 24.9 Å². The van der Waals surface area contributed by atoms with Crippen LogP contribution in [-0.4, -0.2) is 17.0 Å². The van der Waals surface area contributed by atoms with Gasteiger partial charge in [-0.15, -0.1) is 23.7 Å². The smallest absolute Gasteiger partial charge is 0.275 e. The number of thiazole rings is 1. The Morgan fingerprint density at radius 1 is 1.42 bits per heavy atom. The van der Waals surface area contributed by atoms with Crippen LogP contribution in [0.15, 0.2) is 29.6 Å². The summed E-state index contributed by atoms with van der Waals surface area (Å²) in [6.07, 6.45) is 5.20. The largest absolute Gasteiger partial charge is 0.374 e. The molecule has 0 aliphatic heterocycles. The monoisotopic (exact) mass is 395 g/mol. The van der Waals surface area contributed by atoms with Gasteiger partial charge in [-0.3, -0.25) is 4.79 Å². The Morgan fingerprint density at radius 2 is 2.27 bits per heavy atom. The topological polar surface area (TPSA) is 77.2 Å². The predicted octanol–water partition coefficient (Wildman–Crippen LogP) is 4.37. The zero-order valence-electron chi connectivity index (χ0n) is 14.9. The van der Waals surface area contributed by atoms with Crippen LogP contribution in [0.5, 0.6) is 0 Å². The van der Waals surface area contributed by atoms with Gasteiger partial charge in [0.25, 0.3) is 5.91 Å². The zero-order valence-corrected chi connectivity index (χ0v) is 16.6. The molecule has 5 nitrogen and oxygen atoms in total. The number of carbonyl (C=O) groups excluding carboxylic acids is 1. The second-order valence-corrected chi connectivity index (χ2v) is 7.63. The van der Waals surface area contributed by atoms with Gasteiger partial charge >= 0.3 is 0 Å². The number of aromatic nitrogens is 1. The molecule has 0 saturated heterocycles. The van der Waals surface area contributed by atoms with Crippen LogP contribution in [0.3, 0.4) is 0 Å². The van der Waals surface area contributed by atoms with Crippen molar-refractivity contribution < 1.29 is 9.53 Å². The molecule has 1 aliphatic carbocycles. The van der Waals surface area contributed by atoms with E-state index in [1.807, 2.05) is 24.3 Å². The summed E-state index contributed by atoms with van der Waals surface area (Å²) in [6, 6.07) is 7.79. The van der Waals surface area contributed by atoms with Gasteiger partial charge in [-0.25, -0.2) is 4.98 Å². The number of benzene rings is 1. The second kappa shape index (κ2) is 10.0. The number of rotatable bonds is 6. The lowest BCUT2D eigenvalue weighted by Crippen LogP contribution is -2.21. The molecular formula is C19H26ClN3O2S. The molecule has 26 heavy (non-hydrogen) atoms. The van der Waals surface area contributed by atoms with E-state index in [1.54, 1.807) is 5.38 Å². The first-order chi connectivity index (χ1) is 12.1. The number of nitrogens with two attached hydrogens (primary N) is 1. The predicted molar refractivity (Wildman–Crippen MR) is 108 cm³/mol. The Bertz CT molecular complexity index is 722. The lowest BCUT2D eigenvalue weighted by atomic mass is 9.89. The second-order valence-electron chi connectivity index (χ2n) is 6.69. The molecule has 2 unspecified atom stereocenters. The van der Waals surface area contributed by atoms with E-state index in [2.05, 4.69) is 17.2 Å². The molecule has 142 valence electrons. The first kappa shape index (κ1) is 20.8. The van der Waals surface area contributed by atoms with Gasteiger partial charge in [-0.05, 0) is 36.5 Å². The number of nitrogens with zero attached hydrogens (tertiary/aromatic N) is 1. The van der Waals surface area contributed by atoms with Crippen molar-refractivity contribution in [2.24, 2.45) is 11.7 Å². The molecule has 0 radical (unpaired) electrons. The Balaban J connectivity index is 0.00000243. The third-order valence-electron chi connectivity index (χ3n) is 4.52. The van der Waals surface area contributed by atoms with E-state index in [1.165, 1.54) is 24.2 Å². The molecule has 1 aromatic carbocycles. The van der Waals surface area contributed by atoms with Crippen LogP contribution in [0.4, 0.5) is 5.69 Å². The van der Waals surface area contributed by atoms with Crippen molar-refractivity contribution >= 4 is 35.3 Å². The third kappa shape index (κ3) is 5.77. The summed E-state index contributed by atoms with van der Waals surface area (Å²) in [6.45, 7) is 3.22. The molecular weight excluding hydrogens is 370 g/mol. The van der Waals surface area contributed by atoms with E-state index >= 15 is 0 Å². The average molecular weight is 396 g/mol. The zero-order chi connectivity index (χ0) is 17.6. The number of ether oxygens (including phenoxy) is 1. The molecule has 3 N–H and O–H groups in total. The fourth-order valence-corrected chi connectivity index (χ4v) is 3.84. The fraction of sp³-hybridized carbons (Fsp3) is 0.474. The van der Waals surface area contributed by atoms with E-state index in [0.717, 1.165) is 35.0 Å². The number of carbonyl (C=O) groups is 1. The quantitative estimate of drug-likeness (QED) is 0.761. The molecule has 2 aromatic rings. The average Bonchev–Trinajstić information content (AvgIpc) is 3.10. The van der Waals surface area contributed by atoms with Gasteiger partial charge in [0, 0.05) is 17.6 Å². The van der Waals surface area contributed by atoms with Crippen LogP contribution in [0.2, 0.25) is 0 Å². The fourth-order valence-electron chi connectivity index (χ4n) is 3.19. The molecule has 1 heterocycles. The summed E-state index contributed by atoms with van der Waals surface area (Å²) >= 11 is 1.40. The van der Waals surface area contributed by atoms with Crippen LogP contribution in [0.1, 0.15) is 53.7 Å². The minimum Gasteiger partial charge on any atom is -0.374 e. The third-order valence-corrected chi connectivity index (χ3v) is 5.39. The van der Waals surface area contributed by atoms with Crippen LogP contribution in [0.25, 0.3) is 0 Å². The number of nitrogens with one attached hydrogen (secondary N) is 1. The molecule has 1 amide bonds. The van der Waals surface area contributed by atoms with Crippen LogP contribution in [0, 0.1) is 5.92 Å². The first-order valence-corrected chi connectivity index (χ1v) is 9.68. The highest BCUT2D eigenvalue weighted by atomic mass is 35.5. The van der Waals surface area contributed by atoms with Crippen LogP contribution < -0.4 is 11.1 Å². The lowest BCUT2D eigenvalue weighted by Gasteiger charge is -2.26. The normalized spacial score (nSPS) is 19.6. The Kier molecular flexibility index (Phi) is 8.03. The molecule has 0 bridgehead atoms. The highest BCUT2D eigenvalue weighted by molar-refractivity contribution is 7.09. The summed E-state index contributed by atoms with van der Waals surface area (Å²) in [5.74, 6) is 0.538. The van der Waals surface area contributed by atoms with E-state index in [-0.39, 0.29) is 18.3 Å². The molecule has 2 atom stereocenters. The van der Waals surface area contributed by atoms with E-state index < -0.39 is 0 Å². The van der Waals surface area contributed by atoms with Gasteiger partial charge in [-0.2, -0.15) is 0 Å². The first-order valence-electron chi connectivity index (χ1n) is 8.80. The number of hydrogen-bond acceptors (Lipinski definition) is 5. The van der Waals surface area contributed by atoms with E-state index in [4.69, 9.17) is 10.5 Å². The Labute approximate surface area is 164 Å². The maximum absolute atomic E-state index is 12.3. The highest BCUT2D eigenvalue weighted by Crippen LogP contribution is 2.26. The van der Waals surface area contributed by atoms with Gasteiger partial charge in [0.1, 0.15) is 10.7 Å². The Hall–Kier alpha value is -1.47. The van der Waals surface area contributed by atoms with Gasteiger partial charge in [0.05, 0.1) is 12.7 Å². The Morgan fingerprint density at radius 3 is 3.00 bits per heavy atom. The van der Waals surface area contributed by atoms with Crippen molar-refractivity contribution in [3.8, 4) is 0 Å². The maximum Gasteiger partial charge on any atom is 0.275 e. The van der Waals surface area contributed by atoms with Crippen molar-refractivity contribution in [1.29, 1.82) is 0 Å². The molecule has 1 fully saturated rings. The van der Waals surface area contributed by atoms with Gasteiger partial charge in [-0.1, -0.05) is 31.9 Å². The minimum atomic E-state index is -0.213. The SMILES string of the molecule is CC1CCCC(OCc2cccc(NC(=O)c3csc(CN)n3)c2)C1.Cl. The van der Waals surface area contributed by atoms with Gasteiger partial charge in [0.2, 0.25) is 0 Å². The van der Waals surface area contributed by atoms with Crippen molar-refractivity contribution in [1.82, 2.24) is 4.98 Å². The molecule has 7 heteroatoms.